The van der Waals surface area contributed by atoms with Crippen molar-refractivity contribution in [3.05, 3.63) is 59.1 Å². The van der Waals surface area contributed by atoms with Crippen LogP contribution < -0.4 is 10.1 Å². The summed E-state index contributed by atoms with van der Waals surface area (Å²) >= 11 is 5.96. The average Bonchev–Trinajstić information content (AvgIpc) is 2.67. The molecule has 2 aromatic rings. The Morgan fingerprint density at radius 1 is 1.12 bits per heavy atom. The number of carbonyl (C=O) groups excluding carboxylic acids is 2. The molecule has 1 saturated heterocycles. The molecule has 1 aliphatic rings. The maximum atomic E-state index is 12.5. The Kier molecular flexibility index (Phi) is 5.78. The van der Waals surface area contributed by atoms with Gasteiger partial charge >= 0.3 is 0 Å². The number of piperidine rings is 1. The van der Waals surface area contributed by atoms with Crippen molar-refractivity contribution in [3.63, 3.8) is 0 Å². The molecule has 1 aliphatic heterocycles. The lowest BCUT2D eigenvalue weighted by molar-refractivity contribution is -0.121. The van der Waals surface area contributed by atoms with Crippen molar-refractivity contribution in [2.45, 2.75) is 12.8 Å². The van der Waals surface area contributed by atoms with E-state index in [1.54, 1.807) is 42.3 Å². The molecule has 0 aliphatic carbocycles. The van der Waals surface area contributed by atoms with Crippen LogP contribution in [0.25, 0.3) is 0 Å². The maximum absolute atomic E-state index is 12.5. The maximum Gasteiger partial charge on any atom is 0.253 e. The normalized spacial score (nSPS) is 14.8. The zero-order chi connectivity index (χ0) is 18.5. The third-order valence-electron chi connectivity index (χ3n) is 4.56. The molecule has 0 atom stereocenters. The second kappa shape index (κ2) is 8.23. The molecular formula is C20H21ClN2O3. The van der Waals surface area contributed by atoms with Gasteiger partial charge in [0.1, 0.15) is 5.75 Å². The lowest BCUT2D eigenvalue weighted by Crippen LogP contribution is -2.41. The van der Waals surface area contributed by atoms with E-state index in [1.807, 2.05) is 18.2 Å². The molecule has 0 bridgehead atoms. The summed E-state index contributed by atoms with van der Waals surface area (Å²) in [5, 5.41) is 3.47. The second-order valence-electron chi connectivity index (χ2n) is 6.30. The van der Waals surface area contributed by atoms with Gasteiger partial charge in [-0.1, -0.05) is 23.7 Å². The first-order valence-corrected chi connectivity index (χ1v) is 8.94. The Hall–Kier alpha value is -2.53. The van der Waals surface area contributed by atoms with Crippen molar-refractivity contribution in [3.8, 4) is 5.75 Å². The second-order valence-corrected chi connectivity index (χ2v) is 6.73. The number of ether oxygens (including phenoxy) is 1. The number of likely N-dealkylation sites (tertiary alicyclic amines) is 1. The van der Waals surface area contributed by atoms with Crippen LogP contribution in [0, 0.1) is 5.92 Å². The minimum absolute atomic E-state index is 0.0203. The summed E-state index contributed by atoms with van der Waals surface area (Å²) in [4.78, 5) is 26.8. The third kappa shape index (κ3) is 4.35. The van der Waals surface area contributed by atoms with Gasteiger partial charge in [-0.05, 0) is 43.2 Å². The Morgan fingerprint density at radius 3 is 2.54 bits per heavy atom. The molecule has 0 saturated carbocycles. The lowest BCUT2D eigenvalue weighted by Gasteiger charge is -2.31. The van der Waals surface area contributed by atoms with Crippen molar-refractivity contribution in [2.24, 2.45) is 5.92 Å². The van der Waals surface area contributed by atoms with Crippen LogP contribution in [0.15, 0.2) is 48.5 Å². The van der Waals surface area contributed by atoms with E-state index >= 15 is 0 Å². The molecule has 3 rings (SSSR count). The molecular weight excluding hydrogens is 352 g/mol. The molecule has 6 heteroatoms. The van der Waals surface area contributed by atoms with Gasteiger partial charge in [-0.2, -0.15) is 0 Å². The van der Waals surface area contributed by atoms with Crippen molar-refractivity contribution in [1.29, 1.82) is 0 Å². The summed E-state index contributed by atoms with van der Waals surface area (Å²) in [5.41, 5.74) is 1.29. The van der Waals surface area contributed by atoms with E-state index in [4.69, 9.17) is 16.3 Å². The molecule has 1 heterocycles. The molecule has 0 spiro atoms. The molecule has 0 radical (unpaired) electrons. The van der Waals surface area contributed by atoms with Crippen LogP contribution in [0.2, 0.25) is 5.02 Å². The number of hydrogen-bond donors (Lipinski definition) is 1. The topological polar surface area (TPSA) is 58.6 Å². The summed E-state index contributed by atoms with van der Waals surface area (Å²) in [6.45, 7) is 1.11. The first-order chi connectivity index (χ1) is 12.6. The van der Waals surface area contributed by atoms with Gasteiger partial charge in [-0.3, -0.25) is 9.59 Å². The standard InChI is InChI=1S/C20H21ClN2O3/c1-26-18-7-3-6-17(13-18)22-19(24)14-8-10-23(11-9-14)20(25)15-4-2-5-16(21)12-15/h2-7,12-14H,8-11H2,1H3,(H,22,24). The molecule has 26 heavy (non-hydrogen) atoms. The summed E-state index contributed by atoms with van der Waals surface area (Å²) in [6.07, 6.45) is 1.28. The smallest absolute Gasteiger partial charge is 0.253 e. The summed E-state index contributed by atoms with van der Waals surface area (Å²) in [5.74, 6) is 0.529. The van der Waals surface area contributed by atoms with Crippen molar-refractivity contribution < 1.29 is 14.3 Å². The number of amides is 2. The summed E-state index contributed by atoms with van der Waals surface area (Å²) < 4.78 is 5.17. The Morgan fingerprint density at radius 2 is 1.85 bits per heavy atom. The quantitative estimate of drug-likeness (QED) is 0.887. The highest BCUT2D eigenvalue weighted by Crippen LogP contribution is 2.23. The van der Waals surface area contributed by atoms with Crippen LogP contribution in [0.4, 0.5) is 5.69 Å². The molecule has 5 nitrogen and oxygen atoms in total. The van der Waals surface area contributed by atoms with Crippen LogP contribution in [0.3, 0.4) is 0 Å². The van der Waals surface area contributed by atoms with Gasteiger partial charge in [0, 0.05) is 41.3 Å². The predicted octanol–water partition coefficient (Wildman–Crippen LogP) is 3.84. The molecule has 136 valence electrons. The fourth-order valence-electron chi connectivity index (χ4n) is 3.09. The summed E-state index contributed by atoms with van der Waals surface area (Å²) in [6, 6.07) is 14.2. The monoisotopic (exact) mass is 372 g/mol. The van der Waals surface area contributed by atoms with Crippen LogP contribution in [-0.2, 0) is 4.79 Å². The van der Waals surface area contributed by atoms with E-state index in [0.717, 1.165) is 0 Å². The van der Waals surface area contributed by atoms with Crippen LogP contribution in [-0.4, -0.2) is 36.9 Å². The number of methoxy groups -OCH3 is 1. The number of nitrogens with zero attached hydrogens (tertiary/aromatic N) is 1. The van der Waals surface area contributed by atoms with E-state index in [1.165, 1.54) is 0 Å². The first-order valence-electron chi connectivity index (χ1n) is 8.56. The zero-order valence-electron chi connectivity index (χ0n) is 14.6. The minimum Gasteiger partial charge on any atom is -0.497 e. The number of carbonyl (C=O) groups is 2. The zero-order valence-corrected chi connectivity index (χ0v) is 15.3. The number of hydrogen-bond acceptors (Lipinski definition) is 3. The van der Waals surface area contributed by atoms with Gasteiger partial charge in [-0.15, -0.1) is 0 Å². The molecule has 2 amide bonds. The van der Waals surface area contributed by atoms with E-state index < -0.39 is 0 Å². The van der Waals surface area contributed by atoms with Gasteiger partial charge < -0.3 is 15.0 Å². The average molecular weight is 373 g/mol. The van der Waals surface area contributed by atoms with Crippen molar-refractivity contribution in [1.82, 2.24) is 4.90 Å². The van der Waals surface area contributed by atoms with E-state index in [9.17, 15) is 9.59 Å². The predicted molar refractivity (Wildman–Crippen MR) is 102 cm³/mol. The molecule has 1 fully saturated rings. The lowest BCUT2D eigenvalue weighted by atomic mass is 9.95. The highest BCUT2D eigenvalue weighted by atomic mass is 35.5. The number of rotatable bonds is 4. The molecule has 2 aromatic carbocycles. The molecule has 0 unspecified atom stereocenters. The van der Waals surface area contributed by atoms with Crippen LogP contribution in [0.5, 0.6) is 5.75 Å². The van der Waals surface area contributed by atoms with Gasteiger partial charge in [0.15, 0.2) is 0 Å². The van der Waals surface area contributed by atoms with Gasteiger partial charge in [0.05, 0.1) is 7.11 Å². The number of nitrogens with one attached hydrogen (secondary N) is 1. The first kappa shape index (κ1) is 18.3. The number of benzene rings is 2. The molecule has 1 N–H and O–H groups in total. The third-order valence-corrected chi connectivity index (χ3v) is 4.80. The number of anilines is 1. The van der Waals surface area contributed by atoms with Gasteiger partial charge in [0.2, 0.25) is 5.91 Å². The minimum atomic E-state index is -0.107. The molecule has 0 aromatic heterocycles. The SMILES string of the molecule is COc1cccc(NC(=O)C2CCN(C(=O)c3cccc(Cl)c3)CC2)c1. The van der Waals surface area contributed by atoms with Gasteiger partial charge in [0.25, 0.3) is 5.91 Å². The Bertz CT molecular complexity index is 801. The van der Waals surface area contributed by atoms with E-state index in [0.29, 0.717) is 48.0 Å². The highest BCUT2D eigenvalue weighted by molar-refractivity contribution is 6.30. The van der Waals surface area contributed by atoms with Crippen LogP contribution >= 0.6 is 11.6 Å². The largest absolute Gasteiger partial charge is 0.497 e. The Balaban J connectivity index is 1.56. The fraction of sp³-hybridized carbons (Fsp3) is 0.300. The van der Waals surface area contributed by atoms with E-state index in [2.05, 4.69) is 5.32 Å². The highest BCUT2D eigenvalue weighted by Gasteiger charge is 2.28. The Labute approximate surface area is 157 Å². The van der Waals surface area contributed by atoms with Gasteiger partial charge in [-0.25, -0.2) is 0 Å². The number of halogens is 1. The van der Waals surface area contributed by atoms with Crippen molar-refractivity contribution >= 4 is 29.1 Å². The van der Waals surface area contributed by atoms with Crippen LogP contribution in [0.1, 0.15) is 23.2 Å². The summed E-state index contributed by atoms with van der Waals surface area (Å²) in [7, 11) is 1.59. The fourth-order valence-corrected chi connectivity index (χ4v) is 3.28. The van der Waals surface area contributed by atoms with E-state index in [-0.39, 0.29) is 17.7 Å². The van der Waals surface area contributed by atoms with Crippen molar-refractivity contribution in [2.75, 3.05) is 25.5 Å².